The van der Waals surface area contributed by atoms with Crippen LogP contribution in [0.1, 0.15) is 6.23 Å². The molecule has 0 unspecified atom stereocenters. The molecule has 3 rings (SSSR count). The molecule has 2 aromatic rings. The van der Waals surface area contributed by atoms with Crippen LogP contribution in [-0.4, -0.2) is 49.8 Å². The lowest BCUT2D eigenvalue weighted by atomic mass is 10.1. The van der Waals surface area contributed by atoms with Crippen LogP contribution >= 0.6 is 23.2 Å². The lowest BCUT2D eigenvalue weighted by Gasteiger charge is -2.18. The summed E-state index contributed by atoms with van der Waals surface area (Å²) in [6, 6.07) is 3.11. The van der Waals surface area contributed by atoms with E-state index in [-0.39, 0.29) is 5.95 Å². The molecule has 7 nitrogen and oxygen atoms in total. The summed E-state index contributed by atoms with van der Waals surface area (Å²) in [4.78, 5) is 4.12. The van der Waals surface area contributed by atoms with E-state index in [2.05, 4.69) is 4.98 Å². The number of rotatable bonds is 2. The molecule has 0 bridgehead atoms. The van der Waals surface area contributed by atoms with Crippen molar-refractivity contribution in [2.24, 2.45) is 0 Å². The molecule has 0 spiro atoms. The second-order valence-corrected chi connectivity index (χ2v) is 5.67. The van der Waals surface area contributed by atoms with Crippen LogP contribution in [0, 0.1) is 0 Å². The van der Waals surface area contributed by atoms with E-state index in [1.807, 2.05) is 0 Å². The average Bonchev–Trinajstić information content (AvgIpc) is 2.89. The molecule has 21 heavy (non-hydrogen) atoms. The highest BCUT2D eigenvalue weighted by molar-refractivity contribution is 6.38. The lowest BCUT2D eigenvalue weighted by molar-refractivity contribution is -0.0498. The van der Waals surface area contributed by atoms with Gasteiger partial charge in [-0.25, -0.2) is 4.98 Å². The summed E-state index contributed by atoms with van der Waals surface area (Å²) in [5, 5.41) is 29.8. The quantitative estimate of drug-likeness (QED) is 0.637. The van der Waals surface area contributed by atoms with Crippen LogP contribution in [0.15, 0.2) is 12.1 Å². The molecule has 9 heteroatoms. The predicted octanol–water partition coefficient (Wildman–Crippen LogP) is 0.537. The van der Waals surface area contributed by atoms with Crippen LogP contribution in [-0.2, 0) is 4.74 Å². The highest BCUT2D eigenvalue weighted by atomic mass is 35.5. The largest absolute Gasteiger partial charge is 0.394 e. The van der Waals surface area contributed by atoms with E-state index in [0.29, 0.717) is 21.1 Å². The number of anilines is 1. The molecule has 0 radical (unpaired) electrons. The minimum Gasteiger partial charge on any atom is -0.394 e. The summed E-state index contributed by atoms with van der Waals surface area (Å²) in [6.45, 7) is -0.428. The SMILES string of the molecule is Nc1nc2c(Cl)cc(Cl)cc2n1[C@@H]1O[C@H](CO)[C@@H](O)[C@H]1O. The van der Waals surface area contributed by atoms with Gasteiger partial charge in [0.1, 0.15) is 23.8 Å². The van der Waals surface area contributed by atoms with Gasteiger partial charge in [-0.2, -0.15) is 0 Å². The van der Waals surface area contributed by atoms with Gasteiger partial charge in [0, 0.05) is 5.02 Å². The zero-order chi connectivity index (χ0) is 15.3. The van der Waals surface area contributed by atoms with Crippen molar-refractivity contribution in [1.82, 2.24) is 9.55 Å². The molecule has 0 amide bonds. The Kier molecular flexibility index (Phi) is 3.73. The number of ether oxygens (including phenoxy) is 1. The Morgan fingerprint density at radius 2 is 2.00 bits per heavy atom. The van der Waals surface area contributed by atoms with Gasteiger partial charge in [-0.3, -0.25) is 4.57 Å². The highest BCUT2D eigenvalue weighted by Crippen LogP contribution is 2.36. The fourth-order valence-corrected chi connectivity index (χ4v) is 3.02. The second kappa shape index (κ2) is 5.28. The number of aliphatic hydroxyl groups excluding tert-OH is 3. The number of aromatic nitrogens is 2. The van der Waals surface area contributed by atoms with Gasteiger partial charge in [0.2, 0.25) is 5.95 Å². The smallest absolute Gasteiger partial charge is 0.203 e. The normalized spacial score (nSPS) is 29.4. The number of halogens is 2. The van der Waals surface area contributed by atoms with Crippen LogP contribution in [0.25, 0.3) is 11.0 Å². The number of nitrogen functional groups attached to an aromatic ring is 1. The molecule has 1 aliphatic rings. The first-order valence-electron chi connectivity index (χ1n) is 6.19. The summed E-state index contributed by atoms with van der Waals surface area (Å²) in [5.41, 5.74) is 6.75. The molecule has 1 fully saturated rings. The number of benzene rings is 1. The maximum atomic E-state index is 10.1. The Morgan fingerprint density at radius 1 is 1.29 bits per heavy atom. The first kappa shape index (κ1) is 14.8. The van der Waals surface area contributed by atoms with Gasteiger partial charge in [-0.1, -0.05) is 23.2 Å². The maximum Gasteiger partial charge on any atom is 0.203 e. The van der Waals surface area contributed by atoms with Crippen molar-refractivity contribution in [2.45, 2.75) is 24.5 Å². The fraction of sp³-hybridized carbons (Fsp3) is 0.417. The predicted molar refractivity (Wildman–Crippen MR) is 77.2 cm³/mol. The van der Waals surface area contributed by atoms with Gasteiger partial charge in [0.15, 0.2) is 6.23 Å². The number of imidazole rings is 1. The molecule has 2 heterocycles. The maximum absolute atomic E-state index is 10.1. The van der Waals surface area contributed by atoms with Crippen molar-refractivity contribution in [3.63, 3.8) is 0 Å². The number of hydrogen-bond acceptors (Lipinski definition) is 6. The van der Waals surface area contributed by atoms with Crippen molar-refractivity contribution in [3.8, 4) is 0 Å². The Labute approximate surface area is 129 Å². The van der Waals surface area contributed by atoms with Gasteiger partial charge in [0.05, 0.1) is 17.1 Å². The van der Waals surface area contributed by atoms with Crippen molar-refractivity contribution < 1.29 is 20.1 Å². The summed E-state index contributed by atoms with van der Waals surface area (Å²) in [6.07, 6.45) is -4.39. The first-order chi connectivity index (χ1) is 9.93. The van der Waals surface area contributed by atoms with Gasteiger partial charge in [0.25, 0.3) is 0 Å². The van der Waals surface area contributed by atoms with E-state index in [0.717, 1.165) is 0 Å². The number of nitrogens with two attached hydrogens (primary N) is 1. The van der Waals surface area contributed by atoms with E-state index in [4.69, 9.17) is 38.8 Å². The summed E-state index contributed by atoms with van der Waals surface area (Å²) < 4.78 is 6.85. The Balaban J connectivity index is 2.15. The molecule has 1 aromatic carbocycles. The van der Waals surface area contributed by atoms with Crippen LogP contribution < -0.4 is 5.73 Å². The van der Waals surface area contributed by atoms with Gasteiger partial charge in [-0.05, 0) is 12.1 Å². The van der Waals surface area contributed by atoms with E-state index >= 15 is 0 Å². The van der Waals surface area contributed by atoms with E-state index < -0.39 is 31.1 Å². The third-order valence-electron chi connectivity index (χ3n) is 3.51. The topological polar surface area (TPSA) is 114 Å². The van der Waals surface area contributed by atoms with Crippen molar-refractivity contribution in [3.05, 3.63) is 22.2 Å². The van der Waals surface area contributed by atoms with Crippen LogP contribution in [0.3, 0.4) is 0 Å². The minimum absolute atomic E-state index is 0.0593. The van der Waals surface area contributed by atoms with Crippen LogP contribution in [0.2, 0.25) is 10.0 Å². The molecule has 1 saturated heterocycles. The van der Waals surface area contributed by atoms with Gasteiger partial charge < -0.3 is 25.8 Å². The number of hydrogen-bond donors (Lipinski definition) is 4. The molecule has 1 aliphatic heterocycles. The van der Waals surface area contributed by atoms with E-state index in [1.54, 1.807) is 6.07 Å². The number of aliphatic hydroxyl groups is 3. The monoisotopic (exact) mass is 333 g/mol. The molecule has 5 N–H and O–H groups in total. The van der Waals surface area contributed by atoms with Crippen LogP contribution in [0.4, 0.5) is 5.95 Å². The standard InChI is InChI=1S/C12H13Cl2N3O4/c13-4-1-5(14)8-6(2-4)17(12(15)16-8)11-10(20)9(19)7(3-18)21-11/h1-2,7,9-11,18-20H,3H2,(H2,15,16)/t7-,9-,10-,11-/m1/s1. The summed E-state index contributed by atoms with van der Waals surface area (Å²) >= 11 is 12.0. The molecule has 0 aliphatic carbocycles. The Hall–Kier alpha value is -1.09. The number of nitrogens with zero attached hydrogens (tertiary/aromatic N) is 2. The van der Waals surface area contributed by atoms with Gasteiger partial charge in [-0.15, -0.1) is 0 Å². The fourth-order valence-electron chi connectivity index (χ4n) is 2.50. The molecule has 0 saturated carbocycles. The van der Waals surface area contributed by atoms with Crippen LogP contribution in [0.5, 0.6) is 0 Å². The summed E-state index contributed by atoms with van der Waals surface area (Å²) in [5.74, 6) is 0.0593. The Bertz CT molecular complexity index is 693. The average molecular weight is 334 g/mol. The van der Waals surface area contributed by atoms with Gasteiger partial charge >= 0.3 is 0 Å². The zero-order valence-corrected chi connectivity index (χ0v) is 12.2. The molecule has 114 valence electrons. The van der Waals surface area contributed by atoms with Crippen molar-refractivity contribution in [2.75, 3.05) is 12.3 Å². The summed E-state index contributed by atoms with van der Waals surface area (Å²) in [7, 11) is 0. The molecular weight excluding hydrogens is 321 g/mol. The second-order valence-electron chi connectivity index (χ2n) is 4.82. The van der Waals surface area contributed by atoms with Crippen molar-refractivity contribution in [1.29, 1.82) is 0 Å². The zero-order valence-electron chi connectivity index (χ0n) is 10.6. The Morgan fingerprint density at radius 3 is 2.62 bits per heavy atom. The lowest BCUT2D eigenvalue weighted by Crippen LogP contribution is -2.33. The highest BCUT2D eigenvalue weighted by Gasteiger charge is 2.44. The molecular formula is C12H13Cl2N3O4. The third-order valence-corrected chi connectivity index (χ3v) is 4.02. The third kappa shape index (κ3) is 2.26. The van der Waals surface area contributed by atoms with E-state index in [9.17, 15) is 10.2 Å². The van der Waals surface area contributed by atoms with E-state index in [1.165, 1.54) is 10.6 Å². The number of fused-ring (bicyclic) bond motifs is 1. The molecule has 4 atom stereocenters. The minimum atomic E-state index is -1.26. The first-order valence-corrected chi connectivity index (χ1v) is 6.94. The molecule has 1 aromatic heterocycles. The van der Waals surface area contributed by atoms with Crippen molar-refractivity contribution >= 4 is 40.2 Å².